The first-order valence-electron chi connectivity index (χ1n) is 30.9. The van der Waals surface area contributed by atoms with Crippen molar-refractivity contribution in [2.45, 2.75) is 129 Å². The number of aromatic nitrogens is 5. The minimum Gasteiger partial charge on any atom is -0.309 e. The minimum atomic E-state index is -4.91. The zero-order valence-corrected chi connectivity index (χ0v) is 54.4. The molecule has 0 aliphatic rings. The fourth-order valence-corrected chi connectivity index (χ4v) is 12.3. The Morgan fingerprint density at radius 3 is 0.938 bits per heavy atom. The molecule has 0 saturated carbocycles. The van der Waals surface area contributed by atoms with Crippen molar-refractivity contribution in [2.24, 2.45) is 0 Å². The highest BCUT2D eigenvalue weighted by atomic mass is 19.4. The molecule has 0 atom stereocenters. The molecule has 12 aromatic rings. The van der Waals surface area contributed by atoms with Crippen molar-refractivity contribution in [3.63, 3.8) is 0 Å². The van der Waals surface area contributed by atoms with Crippen molar-refractivity contribution in [2.75, 3.05) is 0 Å². The molecule has 96 heavy (non-hydrogen) atoms. The van der Waals surface area contributed by atoms with E-state index in [4.69, 9.17) is 15.0 Å². The topological polar surface area (TPSA) is 72.3 Å². The lowest BCUT2D eigenvalue weighted by Gasteiger charge is -2.26. The molecule has 0 amide bonds. The van der Waals surface area contributed by atoms with Gasteiger partial charge in [-0.1, -0.05) is 119 Å². The average molecular weight is 1310 g/mol. The molecule has 0 fully saturated rings. The summed E-state index contributed by atoms with van der Waals surface area (Å²) in [5.74, 6) is 0.401. The van der Waals surface area contributed by atoms with E-state index in [9.17, 15) is 57.9 Å². The summed E-state index contributed by atoms with van der Waals surface area (Å²) in [7, 11) is 0. The van der Waals surface area contributed by atoms with Crippen LogP contribution in [0.25, 0.3) is 111 Å². The van der Waals surface area contributed by atoms with Gasteiger partial charge in [0.25, 0.3) is 0 Å². The van der Waals surface area contributed by atoms with Crippen LogP contribution in [0.5, 0.6) is 0 Å². The SMILES string of the molecule is CC(C)(C)c1cc(-c2nc(-c3cc(C(C)(C)C)cc(C(C)(C)C)c3)nc(-c3cc(-c4cc(-c5cccc(C#N)c5)ccc4-n4c5ccc(C(F)(F)F)cc5c5cc(C(F)(F)F)ccc54)ccc3-n3c4ccc(C(F)(F)F)cc4c4cc(C(F)(F)F)ccc43)n2)cc(C(C)(C)C)c1. The first-order valence-corrected chi connectivity index (χ1v) is 30.9. The summed E-state index contributed by atoms with van der Waals surface area (Å²) < 4.78 is 180. The molecule has 18 heteroatoms. The predicted octanol–water partition coefficient (Wildman–Crippen LogP) is 23.5. The Labute approximate surface area is 546 Å². The van der Waals surface area contributed by atoms with E-state index in [0.29, 0.717) is 38.9 Å². The Bertz CT molecular complexity index is 4880. The molecule has 0 saturated heterocycles. The van der Waals surface area contributed by atoms with E-state index in [-0.39, 0.29) is 78.0 Å². The van der Waals surface area contributed by atoms with Crippen molar-refractivity contribution in [1.82, 2.24) is 24.1 Å². The molecule has 3 aromatic heterocycles. The van der Waals surface area contributed by atoms with E-state index >= 15 is 0 Å². The van der Waals surface area contributed by atoms with Crippen molar-refractivity contribution >= 4 is 43.6 Å². The maximum absolute atomic E-state index is 14.8. The van der Waals surface area contributed by atoms with Crippen molar-refractivity contribution < 1.29 is 52.7 Å². The lowest BCUT2D eigenvalue weighted by molar-refractivity contribution is -0.138. The molecule has 0 radical (unpaired) electrons. The molecule has 0 N–H and O–H groups in total. The summed E-state index contributed by atoms with van der Waals surface area (Å²) in [5.41, 5.74) is 1.86. The quantitative estimate of drug-likeness (QED) is 0.149. The number of hydrogen-bond acceptors (Lipinski definition) is 4. The zero-order chi connectivity index (χ0) is 69.5. The maximum Gasteiger partial charge on any atom is 0.416 e. The normalized spacial score (nSPS) is 13.2. The first kappa shape index (κ1) is 66.3. The molecule has 0 spiro atoms. The van der Waals surface area contributed by atoms with Crippen LogP contribution in [0.1, 0.15) is 133 Å². The van der Waals surface area contributed by atoms with E-state index in [2.05, 4.69) is 101 Å². The van der Waals surface area contributed by atoms with Crippen LogP contribution in [0.3, 0.4) is 0 Å². The molecule has 6 nitrogen and oxygen atoms in total. The van der Waals surface area contributed by atoms with Gasteiger partial charge in [-0.3, -0.25) is 0 Å². The zero-order valence-electron chi connectivity index (χ0n) is 54.4. The summed E-state index contributed by atoms with van der Waals surface area (Å²) >= 11 is 0. The molecular weight excluding hydrogens is 1250 g/mol. The maximum atomic E-state index is 14.8. The van der Waals surface area contributed by atoms with Gasteiger partial charge in [-0.2, -0.15) is 57.9 Å². The Kier molecular flexibility index (Phi) is 15.7. The van der Waals surface area contributed by atoms with Gasteiger partial charge in [0.05, 0.1) is 67.3 Å². The summed E-state index contributed by atoms with van der Waals surface area (Å²) in [6.45, 7) is 25.0. The van der Waals surface area contributed by atoms with Crippen LogP contribution in [0.4, 0.5) is 52.7 Å². The summed E-state index contributed by atoms with van der Waals surface area (Å²) in [5, 5.41) is 9.48. The van der Waals surface area contributed by atoms with Crippen molar-refractivity contribution in [3.8, 4) is 73.9 Å². The average Bonchev–Trinajstić information content (AvgIpc) is 1.55. The number of nitrogens with zero attached hydrogens (tertiary/aromatic N) is 6. The first-order chi connectivity index (χ1) is 44.5. The molecular formula is C78H64F12N6. The standard InChI is InChI=1S/C78H64F12N6/c1-71(2,3)52-29-46(30-53(35-52)72(4,5)6)68-92-69(47-31-54(73(7,8)9)36-55(32-47)74(10,11)12)94-70(93-68)61-34-45(17-23-67(61)96-65-26-20-50(77(85,86)87)39-59(65)60-40-51(78(88,89)90)21-27-66(60)96)56-33-44(43-15-13-14-42(28-43)41-91)16-22-62(56)95-63-24-18-48(75(79,80)81)37-57(63)58-38-49(76(82,83)84)19-25-64(58)95/h13-40H,1-12H3. The van der Waals surface area contributed by atoms with Gasteiger partial charge >= 0.3 is 24.7 Å². The highest BCUT2D eigenvalue weighted by Gasteiger charge is 2.37. The van der Waals surface area contributed by atoms with Crippen LogP contribution in [-0.4, -0.2) is 24.1 Å². The lowest BCUT2D eigenvalue weighted by Crippen LogP contribution is -2.17. The van der Waals surface area contributed by atoms with Crippen molar-refractivity contribution in [1.29, 1.82) is 5.26 Å². The Balaban J connectivity index is 1.26. The number of alkyl halides is 12. The van der Waals surface area contributed by atoms with E-state index in [1.54, 1.807) is 69.8 Å². The molecule has 3 heterocycles. The van der Waals surface area contributed by atoms with Crippen LogP contribution in [0, 0.1) is 11.3 Å². The number of benzene rings is 9. The third-order valence-corrected chi connectivity index (χ3v) is 17.7. The number of nitriles is 1. The van der Waals surface area contributed by atoms with Crippen LogP contribution in [0.2, 0.25) is 0 Å². The van der Waals surface area contributed by atoms with E-state index in [1.165, 1.54) is 24.3 Å². The summed E-state index contributed by atoms with van der Waals surface area (Å²) in [6.07, 6.45) is -19.6. The van der Waals surface area contributed by atoms with E-state index in [1.807, 2.05) is 24.3 Å². The number of rotatable bonds is 7. The predicted molar refractivity (Wildman–Crippen MR) is 355 cm³/mol. The second-order valence-corrected chi connectivity index (χ2v) is 28.7. The van der Waals surface area contributed by atoms with Crippen LogP contribution < -0.4 is 0 Å². The number of hydrogen-bond donors (Lipinski definition) is 0. The molecule has 0 bridgehead atoms. The molecule has 9 aromatic carbocycles. The second-order valence-electron chi connectivity index (χ2n) is 28.7. The van der Waals surface area contributed by atoms with Crippen LogP contribution in [-0.2, 0) is 46.4 Å². The monoisotopic (exact) mass is 1310 g/mol. The molecule has 12 rings (SSSR count). The Hall–Kier alpha value is -9.76. The Morgan fingerprint density at radius 1 is 0.292 bits per heavy atom. The van der Waals surface area contributed by atoms with Gasteiger partial charge in [-0.15, -0.1) is 0 Å². The smallest absolute Gasteiger partial charge is 0.309 e. The van der Waals surface area contributed by atoms with Crippen LogP contribution in [0.15, 0.2) is 170 Å². The van der Waals surface area contributed by atoms with Crippen molar-refractivity contribution in [3.05, 3.63) is 220 Å². The highest BCUT2D eigenvalue weighted by Crippen LogP contribution is 2.47. The van der Waals surface area contributed by atoms with Gasteiger partial charge in [-0.05, 0) is 194 Å². The van der Waals surface area contributed by atoms with Gasteiger partial charge in [0, 0.05) is 43.8 Å². The largest absolute Gasteiger partial charge is 0.416 e. The third kappa shape index (κ3) is 12.5. The van der Waals surface area contributed by atoms with E-state index in [0.717, 1.165) is 70.8 Å². The molecule has 490 valence electrons. The van der Waals surface area contributed by atoms with Gasteiger partial charge in [0.15, 0.2) is 17.5 Å². The number of halogens is 12. The molecule has 0 aliphatic carbocycles. The van der Waals surface area contributed by atoms with Gasteiger partial charge in [0.2, 0.25) is 0 Å². The fourth-order valence-electron chi connectivity index (χ4n) is 12.3. The Morgan fingerprint density at radius 2 is 0.604 bits per heavy atom. The second kappa shape index (κ2) is 22.7. The lowest BCUT2D eigenvalue weighted by atomic mass is 9.79. The van der Waals surface area contributed by atoms with Gasteiger partial charge in [-0.25, -0.2) is 15.0 Å². The third-order valence-electron chi connectivity index (χ3n) is 17.7. The molecule has 0 unspecified atom stereocenters. The fraction of sp³-hybridized carbons (Fsp3) is 0.256. The van der Waals surface area contributed by atoms with Gasteiger partial charge < -0.3 is 9.13 Å². The van der Waals surface area contributed by atoms with Crippen LogP contribution >= 0.6 is 0 Å². The summed E-state index contributed by atoms with van der Waals surface area (Å²) in [4.78, 5) is 16.1. The molecule has 0 aliphatic heterocycles. The highest BCUT2D eigenvalue weighted by molar-refractivity contribution is 6.12. The van der Waals surface area contributed by atoms with Gasteiger partial charge in [0.1, 0.15) is 0 Å². The minimum absolute atomic E-state index is 0.00624. The van der Waals surface area contributed by atoms with E-state index < -0.39 is 68.6 Å². The summed E-state index contributed by atoms with van der Waals surface area (Å²) in [6, 6.07) is 42.7. The number of fused-ring (bicyclic) bond motifs is 6.